The molecule has 7 nitrogen and oxygen atoms in total. The lowest BCUT2D eigenvalue weighted by Gasteiger charge is -2.26. The molecule has 1 aliphatic rings. The van der Waals surface area contributed by atoms with E-state index in [0.717, 1.165) is 12.1 Å². The van der Waals surface area contributed by atoms with E-state index in [1.165, 1.54) is 16.7 Å². The third-order valence-electron chi connectivity index (χ3n) is 5.30. The average molecular weight is 484 g/mol. The maximum Gasteiger partial charge on any atom is 0.573 e. The van der Waals surface area contributed by atoms with Crippen LogP contribution in [0.3, 0.4) is 0 Å². The number of alkyl halides is 3. The molecule has 0 saturated heterocycles. The largest absolute Gasteiger partial charge is 0.573 e. The van der Waals surface area contributed by atoms with Gasteiger partial charge in [-0.15, -0.1) is 13.2 Å². The van der Waals surface area contributed by atoms with Crippen LogP contribution in [0.5, 0.6) is 5.75 Å². The molecular weight excluding hydrogens is 461 g/mol. The quantitative estimate of drug-likeness (QED) is 0.386. The van der Waals surface area contributed by atoms with E-state index in [2.05, 4.69) is 15.0 Å². The van der Waals surface area contributed by atoms with Crippen molar-refractivity contribution < 1.29 is 22.6 Å². The maximum absolute atomic E-state index is 13.8. The Kier molecular flexibility index (Phi) is 6.65. The van der Waals surface area contributed by atoms with E-state index >= 15 is 0 Å². The molecule has 3 aromatic rings. The number of nitrogens with one attached hydrogen (secondary N) is 1. The van der Waals surface area contributed by atoms with Gasteiger partial charge in [-0.25, -0.2) is 0 Å². The van der Waals surface area contributed by atoms with E-state index in [4.69, 9.17) is 10.5 Å². The lowest BCUT2D eigenvalue weighted by molar-refractivity contribution is -0.274. The van der Waals surface area contributed by atoms with Crippen molar-refractivity contribution in [1.29, 1.82) is 0 Å². The molecule has 1 unspecified atom stereocenters. The van der Waals surface area contributed by atoms with Gasteiger partial charge < -0.3 is 20.5 Å². The van der Waals surface area contributed by atoms with Gasteiger partial charge in [0.05, 0.1) is 5.69 Å². The summed E-state index contributed by atoms with van der Waals surface area (Å²) in [5.74, 6) is 0.0661. The Morgan fingerprint density at radius 1 is 1.17 bits per heavy atom. The zero-order valence-electron chi connectivity index (χ0n) is 19.0. The van der Waals surface area contributed by atoms with Gasteiger partial charge in [0.25, 0.3) is 5.56 Å². The summed E-state index contributed by atoms with van der Waals surface area (Å²) in [5, 5.41) is 3.18. The van der Waals surface area contributed by atoms with Gasteiger partial charge >= 0.3 is 6.36 Å². The summed E-state index contributed by atoms with van der Waals surface area (Å²) in [7, 11) is 1.62. The number of anilines is 2. The zero-order valence-corrected chi connectivity index (χ0v) is 19.0. The fourth-order valence-electron chi connectivity index (χ4n) is 3.81. The number of aliphatic imine (C=N–C) groups is 1. The topological polar surface area (TPSA) is 90.9 Å². The second-order valence-electron chi connectivity index (χ2n) is 7.65. The van der Waals surface area contributed by atoms with Crippen LogP contribution in [0.15, 0.2) is 64.4 Å². The maximum atomic E-state index is 13.8. The number of pyridine rings is 1. The van der Waals surface area contributed by atoms with Crippen LogP contribution >= 0.6 is 0 Å². The summed E-state index contributed by atoms with van der Waals surface area (Å²) in [6.45, 7) is 2.29. The zero-order chi connectivity index (χ0) is 25.2. The van der Waals surface area contributed by atoms with Crippen LogP contribution < -0.4 is 21.3 Å². The Bertz CT molecular complexity index is 1350. The second-order valence-corrected chi connectivity index (χ2v) is 7.65. The summed E-state index contributed by atoms with van der Waals surface area (Å²) in [5.41, 5.74) is 8.87. The van der Waals surface area contributed by atoms with Gasteiger partial charge in [0.2, 0.25) is 0 Å². The van der Waals surface area contributed by atoms with Crippen molar-refractivity contribution >= 4 is 23.8 Å². The van der Waals surface area contributed by atoms with Gasteiger partial charge in [-0.1, -0.05) is 12.1 Å². The van der Waals surface area contributed by atoms with Crippen molar-refractivity contribution in [3.05, 3.63) is 76.1 Å². The van der Waals surface area contributed by atoms with Crippen molar-refractivity contribution in [1.82, 2.24) is 4.57 Å². The lowest BCUT2D eigenvalue weighted by atomic mass is 10.0. The molecule has 0 amide bonds. The minimum atomic E-state index is -4.82. The molecule has 0 fully saturated rings. The van der Waals surface area contributed by atoms with Crippen LogP contribution in [0.4, 0.5) is 24.7 Å². The smallest absolute Gasteiger partial charge is 0.406 e. The predicted molar refractivity (Wildman–Crippen MR) is 130 cm³/mol. The molecule has 0 saturated carbocycles. The number of hydrogen-bond acceptors (Lipinski definition) is 6. The summed E-state index contributed by atoms with van der Waals surface area (Å²) < 4.78 is 48.8. The number of nitrogens with zero attached hydrogens (tertiary/aromatic N) is 2. The Balaban J connectivity index is 1.89. The summed E-state index contributed by atoms with van der Waals surface area (Å²) >= 11 is 0. The molecule has 4 rings (SSSR count). The number of ether oxygens (including phenoxy) is 2. The molecule has 0 radical (unpaired) electrons. The van der Waals surface area contributed by atoms with Crippen LogP contribution in [-0.4, -0.2) is 37.0 Å². The number of aromatic nitrogens is 1. The number of nitrogen functional groups attached to an aromatic ring is 1. The monoisotopic (exact) mass is 484 g/mol. The van der Waals surface area contributed by atoms with Crippen molar-refractivity contribution in [2.75, 3.05) is 24.7 Å². The molecule has 0 spiro atoms. The summed E-state index contributed by atoms with van der Waals surface area (Å²) in [6.07, 6.45) is -0.0333. The Morgan fingerprint density at radius 2 is 1.91 bits per heavy atom. The van der Waals surface area contributed by atoms with E-state index in [0.29, 0.717) is 46.1 Å². The molecule has 2 heterocycles. The highest BCUT2D eigenvalue weighted by Crippen LogP contribution is 2.31. The first-order valence-corrected chi connectivity index (χ1v) is 10.7. The number of halogens is 3. The van der Waals surface area contributed by atoms with Crippen molar-refractivity contribution in [2.24, 2.45) is 4.99 Å². The van der Waals surface area contributed by atoms with E-state index in [9.17, 15) is 18.0 Å². The molecule has 1 aromatic heterocycles. The normalized spacial score (nSPS) is 15.2. The number of fused-ring (bicyclic) bond motifs is 1. The highest BCUT2D eigenvalue weighted by molar-refractivity contribution is 5.89. The molecule has 3 N–H and O–H groups in total. The first-order chi connectivity index (χ1) is 16.7. The van der Waals surface area contributed by atoms with Crippen LogP contribution in [0.1, 0.15) is 18.1 Å². The molecule has 10 heteroatoms. The minimum absolute atomic E-state index is 0.353. The number of benzene rings is 2. The van der Waals surface area contributed by atoms with E-state index < -0.39 is 12.6 Å². The molecule has 182 valence electrons. The Morgan fingerprint density at radius 3 is 2.57 bits per heavy atom. The van der Waals surface area contributed by atoms with E-state index in [1.54, 1.807) is 37.5 Å². The van der Waals surface area contributed by atoms with Gasteiger partial charge in [-0.3, -0.25) is 14.4 Å². The molecule has 1 atom stereocenters. The molecule has 35 heavy (non-hydrogen) atoms. The van der Waals surface area contributed by atoms with Crippen LogP contribution in [-0.2, 0) is 4.74 Å². The standard InChI is InChI=1S/C25H23F3N4O3/c1-3-34-22-11-5-16-13-20(15-4-10-21(29)17(12-15)14-30-2)24(33)32(23(16)31-22)18-6-8-19(9-7-18)35-25(26,27)28/h4-14,22,31H,3,29H2,1-2H3. The number of rotatable bonds is 6. The molecule has 0 aliphatic carbocycles. The van der Waals surface area contributed by atoms with Crippen molar-refractivity contribution in [3.63, 3.8) is 0 Å². The van der Waals surface area contributed by atoms with E-state index in [-0.39, 0.29) is 11.3 Å². The molecule has 0 bridgehead atoms. The Labute approximate surface area is 199 Å². The van der Waals surface area contributed by atoms with Crippen molar-refractivity contribution in [3.8, 4) is 22.6 Å². The second kappa shape index (κ2) is 9.67. The Hall–Kier alpha value is -4.05. The fraction of sp³-hybridized carbons (Fsp3) is 0.200. The van der Waals surface area contributed by atoms with E-state index in [1.807, 2.05) is 19.1 Å². The van der Waals surface area contributed by atoms with Gasteiger partial charge in [0.15, 0.2) is 0 Å². The van der Waals surface area contributed by atoms with Gasteiger partial charge in [0.1, 0.15) is 17.8 Å². The third kappa shape index (κ3) is 5.22. The summed E-state index contributed by atoms with van der Waals surface area (Å²) in [4.78, 5) is 17.8. The molecular formula is C25H23F3N4O3. The molecule has 1 aliphatic heterocycles. The minimum Gasteiger partial charge on any atom is -0.406 e. The number of hydrogen-bond donors (Lipinski definition) is 2. The van der Waals surface area contributed by atoms with Crippen LogP contribution in [0.2, 0.25) is 0 Å². The number of nitrogens with two attached hydrogens (primary N) is 1. The SMILES string of the molecule is CCOC1C=Cc2cc(-c3ccc(N)c(C=NC)c3)c(=O)n(-c3ccc(OC(F)(F)F)cc3)c2N1. The first kappa shape index (κ1) is 24.1. The third-order valence-corrected chi connectivity index (χ3v) is 5.30. The molecule has 2 aromatic carbocycles. The average Bonchev–Trinajstić information content (AvgIpc) is 2.80. The van der Waals surface area contributed by atoms with Gasteiger partial charge in [-0.05, 0) is 61.0 Å². The fourth-order valence-corrected chi connectivity index (χ4v) is 3.81. The van der Waals surface area contributed by atoms with Crippen LogP contribution in [0, 0.1) is 0 Å². The van der Waals surface area contributed by atoms with Crippen LogP contribution in [0.25, 0.3) is 22.9 Å². The van der Waals surface area contributed by atoms with Gasteiger partial charge in [-0.2, -0.15) is 0 Å². The first-order valence-electron chi connectivity index (χ1n) is 10.7. The highest BCUT2D eigenvalue weighted by Gasteiger charge is 2.31. The van der Waals surface area contributed by atoms with Gasteiger partial charge in [0, 0.05) is 42.2 Å². The van der Waals surface area contributed by atoms with Crippen molar-refractivity contribution in [2.45, 2.75) is 19.5 Å². The summed E-state index contributed by atoms with van der Waals surface area (Å²) in [6, 6.07) is 12.0. The lowest BCUT2D eigenvalue weighted by Crippen LogP contribution is -2.31. The highest BCUT2D eigenvalue weighted by atomic mass is 19.4. The predicted octanol–water partition coefficient (Wildman–Crippen LogP) is 4.84.